The molecule has 0 atom stereocenters. The summed E-state index contributed by atoms with van der Waals surface area (Å²) in [5, 5.41) is 5.14. The monoisotopic (exact) mass is 271 g/mol. The van der Waals surface area contributed by atoms with Gasteiger partial charge in [0.15, 0.2) is 4.96 Å². The predicted molar refractivity (Wildman–Crippen MR) is 77.8 cm³/mol. The van der Waals surface area contributed by atoms with E-state index in [4.69, 9.17) is 0 Å². The van der Waals surface area contributed by atoms with Crippen LogP contribution >= 0.6 is 11.3 Å². The first kappa shape index (κ1) is 11.9. The van der Waals surface area contributed by atoms with Gasteiger partial charge in [-0.15, -0.1) is 11.3 Å². The lowest BCUT2D eigenvalue weighted by Gasteiger charge is -2.06. The van der Waals surface area contributed by atoms with Gasteiger partial charge in [0.2, 0.25) is 0 Å². The number of nitrogens with one attached hydrogen (secondary N) is 1. The van der Waals surface area contributed by atoms with Crippen LogP contribution in [0, 0.1) is 6.92 Å². The van der Waals surface area contributed by atoms with Crippen molar-refractivity contribution in [2.24, 2.45) is 0 Å². The molecule has 96 valence electrons. The van der Waals surface area contributed by atoms with Crippen molar-refractivity contribution in [1.82, 2.24) is 9.38 Å². The number of aryl methyl sites for hydroxylation is 1. The van der Waals surface area contributed by atoms with E-state index in [2.05, 4.69) is 16.4 Å². The van der Waals surface area contributed by atoms with Gasteiger partial charge in [0.05, 0.1) is 12.2 Å². The maximum Gasteiger partial charge on any atom is 0.258 e. The Balaban J connectivity index is 1.83. The fraction of sp³-hybridized carbons (Fsp3) is 0.143. The van der Waals surface area contributed by atoms with Gasteiger partial charge in [0, 0.05) is 23.3 Å². The number of fused-ring (bicyclic) bond motifs is 1. The summed E-state index contributed by atoms with van der Waals surface area (Å²) >= 11 is 1.46. The molecule has 0 radical (unpaired) electrons. The molecule has 19 heavy (non-hydrogen) atoms. The number of aromatic nitrogens is 2. The molecule has 3 rings (SSSR count). The molecule has 0 aliphatic carbocycles. The molecule has 5 heteroatoms. The van der Waals surface area contributed by atoms with Gasteiger partial charge in [-0.2, -0.15) is 0 Å². The Labute approximate surface area is 114 Å². The van der Waals surface area contributed by atoms with Gasteiger partial charge in [-0.05, 0) is 24.6 Å². The first-order valence-corrected chi connectivity index (χ1v) is 6.87. The zero-order chi connectivity index (χ0) is 13.2. The summed E-state index contributed by atoms with van der Waals surface area (Å²) in [6.07, 6.45) is 1.74. The normalized spacial score (nSPS) is 10.8. The molecule has 2 heterocycles. The first-order valence-electron chi connectivity index (χ1n) is 5.99. The molecular formula is C14H13N3OS. The number of hydrogen-bond donors (Lipinski definition) is 1. The minimum Gasteiger partial charge on any atom is -0.379 e. The highest BCUT2D eigenvalue weighted by atomic mass is 32.1. The van der Waals surface area contributed by atoms with Crippen molar-refractivity contribution in [2.75, 3.05) is 5.32 Å². The van der Waals surface area contributed by atoms with Gasteiger partial charge in [0.1, 0.15) is 0 Å². The van der Waals surface area contributed by atoms with E-state index in [1.807, 2.05) is 30.5 Å². The standard InChI is InChI=1S/C14H13N3OS/c1-10-3-2-4-11(7-10)15-9-12-8-13(18)17-5-6-19-14(17)16-12/h2-8,15H,9H2,1H3. The molecule has 0 unspecified atom stereocenters. The van der Waals surface area contributed by atoms with Crippen molar-refractivity contribution in [3.63, 3.8) is 0 Å². The smallest absolute Gasteiger partial charge is 0.258 e. The Kier molecular flexibility index (Phi) is 3.05. The van der Waals surface area contributed by atoms with Crippen LogP contribution in [0.4, 0.5) is 5.69 Å². The molecule has 3 aromatic rings. The molecule has 0 aliphatic heterocycles. The number of anilines is 1. The molecule has 1 aromatic carbocycles. The van der Waals surface area contributed by atoms with Gasteiger partial charge in [0.25, 0.3) is 5.56 Å². The van der Waals surface area contributed by atoms with Crippen molar-refractivity contribution in [1.29, 1.82) is 0 Å². The van der Waals surface area contributed by atoms with E-state index in [-0.39, 0.29) is 5.56 Å². The number of hydrogen-bond acceptors (Lipinski definition) is 4. The van der Waals surface area contributed by atoms with Crippen molar-refractivity contribution >= 4 is 22.0 Å². The Morgan fingerprint density at radius 2 is 2.26 bits per heavy atom. The van der Waals surface area contributed by atoms with Crippen LogP contribution in [0.1, 0.15) is 11.3 Å². The molecule has 1 N–H and O–H groups in total. The molecule has 0 aliphatic rings. The highest BCUT2D eigenvalue weighted by Gasteiger charge is 2.03. The maximum atomic E-state index is 11.8. The molecule has 2 aromatic heterocycles. The van der Waals surface area contributed by atoms with Crippen LogP contribution in [0.5, 0.6) is 0 Å². The first-order chi connectivity index (χ1) is 9.22. The SMILES string of the molecule is Cc1cccc(NCc2cc(=O)n3ccsc3n2)c1. The molecule has 0 fully saturated rings. The number of benzene rings is 1. The third-order valence-electron chi connectivity index (χ3n) is 2.85. The second kappa shape index (κ2) is 4.85. The summed E-state index contributed by atoms with van der Waals surface area (Å²) in [6, 6.07) is 9.69. The average molecular weight is 271 g/mol. The highest BCUT2D eigenvalue weighted by Crippen LogP contribution is 2.11. The Morgan fingerprint density at radius 1 is 1.37 bits per heavy atom. The van der Waals surface area contributed by atoms with Crippen LogP contribution in [0.25, 0.3) is 4.96 Å². The summed E-state index contributed by atoms with van der Waals surface area (Å²) in [5.74, 6) is 0. The second-order valence-corrected chi connectivity index (χ2v) is 5.24. The van der Waals surface area contributed by atoms with Gasteiger partial charge < -0.3 is 5.32 Å². The van der Waals surface area contributed by atoms with Crippen LogP contribution in [-0.2, 0) is 6.54 Å². The van der Waals surface area contributed by atoms with Crippen LogP contribution in [0.3, 0.4) is 0 Å². The second-order valence-electron chi connectivity index (χ2n) is 4.36. The zero-order valence-corrected chi connectivity index (χ0v) is 11.3. The summed E-state index contributed by atoms with van der Waals surface area (Å²) in [5.41, 5.74) is 2.96. The molecule has 0 saturated heterocycles. The molecule has 0 spiro atoms. The van der Waals surface area contributed by atoms with Gasteiger partial charge in [-0.1, -0.05) is 12.1 Å². The third-order valence-corrected chi connectivity index (χ3v) is 3.60. The Morgan fingerprint density at radius 3 is 3.11 bits per heavy atom. The molecule has 4 nitrogen and oxygen atoms in total. The van der Waals surface area contributed by atoms with Crippen molar-refractivity contribution in [3.05, 3.63) is 63.5 Å². The van der Waals surface area contributed by atoms with Gasteiger partial charge in [-0.3, -0.25) is 9.20 Å². The van der Waals surface area contributed by atoms with Gasteiger partial charge >= 0.3 is 0 Å². The quantitative estimate of drug-likeness (QED) is 0.796. The fourth-order valence-corrected chi connectivity index (χ4v) is 2.66. The molecule has 0 saturated carbocycles. The Bertz CT molecular complexity index is 775. The van der Waals surface area contributed by atoms with Crippen LogP contribution in [-0.4, -0.2) is 9.38 Å². The summed E-state index contributed by atoms with van der Waals surface area (Å²) in [4.78, 5) is 17.0. The van der Waals surface area contributed by atoms with E-state index in [1.54, 1.807) is 16.7 Å². The fourth-order valence-electron chi connectivity index (χ4n) is 1.93. The summed E-state index contributed by atoms with van der Waals surface area (Å²) in [7, 11) is 0. The van der Waals surface area contributed by atoms with E-state index >= 15 is 0 Å². The predicted octanol–water partition coefficient (Wildman–Crippen LogP) is 2.68. The number of rotatable bonds is 3. The van der Waals surface area contributed by atoms with E-state index in [0.29, 0.717) is 6.54 Å². The van der Waals surface area contributed by atoms with Crippen molar-refractivity contribution in [2.45, 2.75) is 13.5 Å². The van der Waals surface area contributed by atoms with Crippen LogP contribution in [0.2, 0.25) is 0 Å². The average Bonchev–Trinajstić information content (AvgIpc) is 2.85. The van der Waals surface area contributed by atoms with Crippen molar-refractivity contribution in [3.8, 4) is 0 Å². The van der Waals surface area contributed by atoms with Crippen LogP contribution in [0.15, 0.2) is 46.7 Å². The highest BCUT2D eigenvalue weighted by molar-refractivity contribution is 7.15. The van der Waals surface area contributed by atoms with E-state index in [1.165, 1.54) is 16.9 Å². The van der Waals surface area contributed by atoms with Crippen LogP contribution < -0.4 is 10.9 Å². The minimum atomic E-state index is -0.0349. The van der Waals surface area contributed by atoms with E-state index in [0.717, 1.165) is 16.3 Å². The maximum absolute atomic E-state index is 11.8. The van der Waals surface area contributed by atoms with E-state index < -0.39 is 0 Å². The van der Waals surface area contributed by atoms with E-state index in [9.17, 15) is 4.79 Å². The summed E-state index contributed by atoms with van der Waals surface area (Å²) < 4.78 is 1.56. The lowest BCUT2D eigenvalue weighted by molar-refractivity contribution is 0.989. The largest absolute Gasteiger partial charge is 0.379 e. The third kappa shape index (κ3) is 2.51. The molecular weight excluding hydrogens is 258 g/mol. The molecule has 0 amide bonds. The Hall–Kier alpha value is -2.14. The minimum absolute atomic E-state index is 0.0349. The zero-order valence-electron chi connectivity index (χ0n) is 10.5. The number of nitrogens with zero attached hydrogens (tertiary/aromatic N) is 2. The van der Waals surface area contributed by atoms with Gasteiger partial charge in [-0.25, -0.2) is 4.98 Å². The van der Waals surface area contributed by atoms with Crippen molar-refractivity contribution < 1.29 is 0 Å². The lowest BCUT2D eigenvalue weighted by atomic mass is 10.2. The summed E-state index contributed by atoms with van der Waals surface area (Å²) in [6.45, 7) is 2.60. The topological polar surface area (TPSA) is 46.4 Å². The lowest BCUT2D eigenvalue weighted by Crippen LogP contribution is -2.14. The molecule has 0 bridgehead atoms. The number of thiazole rings is 1.